The zero-order valence-corrected chi connectivity index (χ0v) is 14.2. The Bertz CT molecular complexity index is 777. The van der Waals surface area contributed by atoms with E-state index in [1.54, 1.807) is 0 Å². The lowest BCUT2D eigenvalue weighted by molar-refractivity contribution is -0.384. The number of carbonyl (C=O) groups excluding carboxylic acids is 1. The highest BCUT2D eigenvalue weighted by Crippen LogP contribution is 2.23. The molecule has 0 aliphatic heterocycles. The van der Waals surface area contributed by atoms with E-state index in [4.69, 9.17) is 4.74 Å². The Kier molecular flexibility index (Phi) is 5.63. The van der Waals surface area contributed by atoms with Gasteiger partial charge >= 0.3 is 0 Å². The van der Waals surface area contributed by atoms with E-state index in [-0.39, 0.29) is 17.0 Å². The molecule has 8 heteroatoms. The Balaban J connectivity index is 2.19. The molecule has 2 rings (SSSR count). The first-order valence-electron chi connectivity index (χ1n) is 6.43. The number of nitrogens with zero attached hydrogens (tertiary/aromatic N) is 2. The van der Waals surface area contributed by atoms with Crippen LogP contribution >= 0.6 is 22.6 Å². The van der Waals surface area contributed by atoms with Crippen molar-refractivity contribution in [3.63, 3.8) is 0 Å². The van der Waals surface area contributed by atoms with Gasteiger partial charge in [-0.25, -0.2) is 5.43 Å². The fraction of sp³-hybridized carbons (Fsp3) is 0.0667. The van der Waals surface area contributed by atoms with Crippen molar-refractivity contribution in [1.82, 2.24) is 5.43 Å². The van der Waals surface area contributed by atoms with Gasteiger partial charge in [-0.3, -0.25) is 14.9 Å². The molecule has 2 aromatic rings. The Labute approximate surface area is 145 Å². The van der Waals surface area contributed by atoms with E-state index in [1.165, 1.54) is 25.5 Å². The summed E-state index contributed by atoms with van der Waals surface area (Å²) in [5.74, 6) is -0.356. The van der Waals surface area contributed by atoms with E-state index in [2.05, 4.69) is 33.1 Å². The molecular weight excluding hydrogens is 413 g/mol. The fourth-order valence-corrected chi connectivity index (χ4v) is 2.31. The van der Waals surface area contributed by atoms with Gasteiger partial charge in [0.25, 0.3) is 11.6 Å². The summed E-state index contributed by atoms with van der Waals surface area (Å²) in [6, 6.07) is 11.3. The molecule has 1 amide bonds. The zero-order chi connectivity index (χ0) is 16.8. The summed E-state index contributed by atoms with van der Waals surface area (Å²) < 4.78 is 6.03. The fourth-order valence-electron chi connectivity index (χ4n) is 1.79. The van der Waals surface area contributed by atoms with Gasteiger partial charge in [0, 0.05) is 21.3 Å². The molecule has 0 heterocycles. The van der Waals surface area contributed by atoms with Crippen LogP contribution in [0.2, 0.25) is 0 Å². The lowest BCUT2D eigenvalue weighted by Gasteiger charge is -2.06. The predicted octanol–water partition coefficient (Wildman–Crippen LogP) is 2.97. The summed E-state index contributed by atoms with van der Waals surface area (Å²) in [6.07, 6.45) is 1.50. The Morgan fingerprint density at radius 3 is 2.74 bits per heavy atom. The third kappa shape index (κ3) is 4.25. The molecule has 1 N–H and O–H groups in total. The summed E-state index contributed by atoms with van der Waals surface area (Å²) in [5.41, 5.74) is 3.03. The minimum absolute atomic E-state index is 0.0432. The highest BCUT2D eigenvalue weighted by molar-refractivity contribution is 14.1. The average molecular weight is 425 g/mol. The van der Waals surface area contributed by atoms with Crippen molar-refractivity contribution in [2.45, 2.75) is 0 Å². The minimum atomic E-state index is -0.590. The van der Waals surface area contributed by atoms with Crippen LogP contribution in [0.4, 0.5) is 5.69 Å². The standard InChI is InChI=1S/C15H12IN3O4/c1-23-14-7-6-11(19(21)22)8-12(14)15(20)18-17-9-10-4-2-3-5-13(10)16/h2-9H,1H3,(H,18,20)/b17-9-. The molecule has 0 spiro atoms. The van der Waals surface area contributed by atoms with Gasteiger partial charge < -0.3 is 4.74 Å². The van der Waals surface area contributed by atoms with E-state index in [9.17, 15) is 14.9 Å². The van der Waals surface area contributed by atoms with E-state index in [1.807, 2.05) is 24.3 Å². The number of amides is 1. The Morgan fingerprint density at radius 2 is 2.09 bits per heavy atom. The number of rotatable bonds is 5. The van der Waals surface area contributed by atoms with E-state index >= 15 is 0 Å². The van der Waals surface area contributed by atoms with Crippen LogP contribution in [0, 0.1) is 13.7 Å². The topological polar surface area (TPSA) is 93.8 Å². The van der Waals surface area contributed by atoms with Crippen LogP contribution < -0.4 is 10.2 Å². The number of carbonyl (C=O) groups is 1. The molecule has 7 nitrogen and oxygen atoms in total. The van der Waals surface area contributed by atoms with Gasteiger partial charge in [0.1, 0.15) is 5.75 Å². The second-order valence-corrected chi connectivity index (χ2v) is 5.52. The third-order valence-electron chi connectivity index (χ3n) is 2.91. The Morgan fingerprint density at radius 1 is 1.35 bits per heavy atom. The van der Waals surface area contributed by atoms with Crippen molar-refractivity contribution in [3.05, 3.63) is 67.3 Å². The largest absolute Gasteiger partial charge is 0.496 e. The number of nitro groups is 1. The number of halogens is 1. The molecule has 0 aromatic heterocycles. The monoisotopic (exact) mass is 425 g/mol. The van der Waals surface area contributed by atoms with Crippen LogP contribution in [0.15, 0.2) is 47.6 Å². The number of methoxy groups -OCH3 is 1. The molecule has 0 saturated heterocycles. The van der Waals surface area contributed by atoms with Crippen LogP contribution in [0.5, 0.6) is 5.75 Å². The number of benzene rings is 2. The maximum atomic E-state index is 12.1. The summed E-state index contributed by atoms with van der Waals surface area (Å²) >= 11 is 2.15. The first kappa shape index (κ1) is 16.9. The molecule has 2 aromatic carbocycles. The van der Waals surface area contributed by atoms with Gasteiger partial charge in [0.05, 0.1) is 23.8 Å². The lowest BCUT2D eigenvalue weighted by atomic mass is 10.1. The first-order valence-corrected chi connectivity index (χ1v) is 7.51. The van der Waals surface area contributed by atoms with Crippen molar-refractivity contribution in [2.24, 2.45) is 5.10 Å². The van der Waals surface area contributed by atoms with Crippen molar-refractivity contribution >= 4 is 40.4 Å². The number of hydrogen-bond donors (Lipinski definition) is 1. The molecular formula is C15H12IN3O4. The molecule has 0 fully saturated rings. The van der Waals surface area contributed by atoms with Gasteiger partial charge in [-0.05, 0) is 34.7 Å². The van der Waals surface area contributed by atoms with E-state index < -0.39 is 10.8 Å². The number of nitrogens with one attached hydrogen (secondary N) is 1. The quantitative estimate of drug-likeness (QED) is 0.345. The lowest BCUT2D eigenvalue weighted by Crippen LogP contribution is -2.18. The summed E-state index contributed by atoms with van der Waals surface area (Å²) in [7, 11) is 1.38. The van der Waals surface area contributed by atoms with E-state index in [0.717, 1.165) is 15.2 Å². The van der Waals surface area contributed by atoms with Crippen LogP contribution in [0.3, 0.4) is 0 Å². The van der Waals surface area contributed by atoms with Gasteiger partial charge in [-0.2, -0.15) is 5.10 Å². The molecule has 118 valence electrons. The van der Waals surface area contributed by atoms with Crippen LogP contribution in [-0.4, -0.2) is 24.2 Å². The maximum Gasteiger partial charge on any atom is 0.275 e. The number of non-ortho nitro benzene ring substituents is 1. The molecule has 0 aliphatic carbocycles. The number of hydrogen-bond acceptors (Lipinski definition) is 5. The zero-order valence-electron chi connectivity index (χ0n) is 12.0. The third-order valence-corrected chi connectivity index (χ3v) is 3.90. The van der Waals surface area contributed by atoms with Gasteiger partial charge in [0.15, 0.2) is 0 Å². The highest BCUT2D eigenvalue weighted by atomic mass is 127. The smallest absolute Gasteiger partial charge is 0.275 e. The first-order chi connectivity index (χ1) is 11.0. The van der Waals surface area contributed by atoms with Crippen molar-refractivity contribution in [1.29, 1.82) is 0 Å². The molecule has 0 bridgehead atoms. The molecule has 23 heavy (non-hydrogen) atoms. The van der Waals surface area contributed by atoms with E-state index in [0.29, 0.717) is 0 Å². The van der Waals surface area contributed by atoms with Crippen molar-refractivity contribution in [2.75, 3.05) is 7.11 Å². The van der Waals surface area contributed by atoms with Crippen LogP contribution in [0.1, 0.15) is 15.9 Å². The Hall–Kier alpha value is -2.49. The molecule has 0 aliphatic rings. The van der Waals surface area contributed by atoms with Crippen LogP contribution in [-0.2, 0) is 0 Å². The second kappa shape index (κ2) is 7.68. The van der Waals surface area contributed by atoms with Gasteiger partial charge in [-0.15, -0.1) is 0 Å². The number of hydrazone groups is 1. The minimum Gasteiger partial charge on any atom is -0.496 e. The van der Waals surface area contributed by atoms with Gasteiger partial charge in [0.2, 0.25) is 0 Å². The second-order valence-electron chi connectivity index (χ2n) is 4.36. The van der Waals surface area contributed by atoms with Crippen molar-refractivity contribution in [3.8, 4) is 5.75 Å². The molecule has 0 unspecified atom stereocenters. The normalized spacial score (nSPS) is 10.5. The summed E-state index contributed by atoms with van der Waals surface area (Å²) in [5, 5.41) is 14.7. The SMILES string of the molecule is COc1ccc([N+](=O)[O-])cc1C(=O)N/N=C\c1ccccc1I. The highest BCUT2D eigenvalue weighted by Gasteiger charge is 2.17. The average Bonchev–Trinajstić information content (AvgIpc) is 2.55. The number of ether oxygens (including phenoxy) is 1. The van der Waals surface area contributed by atoms with Crippen molar-refractivity contribution < 1.29 is 14.5 Å². The molecule has 0 saturated carbocycles. The molecule has 0 atom stereocenters. The van der Waals surface area contributed by atoms with Gasteiger partial charge in [-0.1, -0.05) is 18.2 Å². The summed E-state index contributed by atoms with van der Waals surface area (Å²) in [4.78, 5) is 22.4. The predicted molar refractivity (Wildman–Crippen MR) is 93.9 cm³/mol. The summed E-state index contributed by atoms with van der Waals surface area (Å²) in [6.45, 7) is 0. The van der Waals surface area contributed by atoms with Crippen LogP contribution in [0.25, 0.3) is 0 Å². The molecule has 0 radical (unpaired) electrons. The number of nitro benzene ring substituents is 1. The maximum absolute atomic E-state index is 12.1.